The van der Waals surface area contributed by atoms with E-state index in [1.807, 2.05) is 215 Å². The fraction of sp³-hybridized carbons (Fsp3) is 0.395. The molecule has 4 amide bonds. The molecule has 0 bridgehead atoms. The number of aromatic nitrogens is 4. The molecule has 8 aromatic rings. The lowest BCUT2D eigenvalue weighted by Crippen LogP contribution is -2.60. The molecule has 2 saturated heterocycles. The van der Waals surface area contributed by atoms with E-state index in [0.29, 0.717) is 11.3 Å². The Morgan fingerprint density at radius 2 is 0.598 bits per heavy atom. The van der Waals surface area contributed by atoms with Gasteiger partial charge in [-0.05, 0) is 102 Å². The average Bonchev–Trinajstić information content (AvgIpc) is 1.51. The van der Waals surface area contributed by atoms with Crippen LogP contribution in [0, 0.1) is 61.2 Å². The van der Waals surface area contributed by atoms with Crippen LogP contribution in [-0.4, -0.2) is 89.2 Å². The molecule has 14 rings (SSSR count). The Bertz CT molecular complexity index is 3320. The quantitative estimate of drug-likeness (QED) is 0.121. The van der Waals surface area contributed by atoms with Crippen LogP contribution in [0.4, 0.5) is 5.69 Å². The minimum absolute atomic E-state index is 0.0392. The number of pyridine rings is 4. The van der Waals surface area contributed by atoms with Gasteiger partial charge >= 0.3 is 11.9 Å². The van der Waals surface area contributed by atoms with Crippen molar-refractivity contribution in [3.63, 3.8) is 0 Å². The minimum atomic E-state index is -1.37. The van der Waals surface area contributed by atoms with Crippen LogP contribution in [0.2, 0.25) is 0 Å². The minimum Gasteiger partial charge on any atom is -0.481 e. The van der Waals surface area contributed by atoms with Crippen LogP contribution < -0.4 is 4.90 Å². The molecular weight excluding hydrogens is 1280 g/mol. The first-order valence-electron chi connectivity index (χ1n) is 36.6. The van der Waals surface area contributed by atoms with Crippen molar-refractivity contribution < 1.29 is 48.6 Å². The van der Waals surface area contributed by atoms with Gasteiger partial charge in [-0.3, -0.25) is 68.1 Å². The summed E-state index contributed by atoms with van der Waals surface area (Å²) in [5.41, 5.74) is 7.56. The summed E-state index contributed by atoms with van der Waals surface area (Å²) in [5, 5.41) is 18.9. The predicted octanol–water partition coefficient (Wildman–Crippen LogP) is 18.5. The highest BCUT2D eigenvalue weighted by atomic mass is 16.4. The molecule has 16 nitrogen and oxygen atoms in total. The second-order valence-corrected chi connectivity index (χ2v) is 23.9. The number of carboxylic acids is 2. The summed E-state index contributed by atoms with van der Waals surface area (Å²) in [7, 11) is 1.41. The molecule has 6 heterocycles. The van der Waals surface area contributed by atoms with E-state index in [2.05, 4.69) is 19.9 Å². The summed E-state index contributed by atoms with van der Waals surface area (Å²) in [6.45, 7) is 21.6. The molecule has 544 valence electrons. The number of benzene rings is 4. The van der Waals surface area contributed by atoms with E-state index < -0.39 is 65.1 Å². The zero-order valence-corrected chi connectivity index (χ0v) is 62.1. The van der Waals surface area contributed by atoms with Crippen LogP contribution in [0.25, 0.3) is 22.3 Å². The Kier molecular flexibility index (Phi) is 41.9. The van der Waals surface area contributed by atoms with Gasteiger partial charge in [0.05, 0.1) is 41.2 Å². The van der Waals surface area contributed by atoms with Crippen molar-refractivity contribution in [1.29, 1.82) is 0 Å². The number of carbonyl (C=O) groups excluding carboxylic acids is 6. The van der Waals surface area contributed by atoms with Gasteiger partial charge in [0.2, 0.25) is 23.6 Å². The molecule has 0 spiro atoms. The topological polar surface area (TPSA) is 235 Å². The number of imide groups is 2. The molecule has 8 unspecified atom stereocenters. The highest BCUT2D eigenvalue weighted by Crippen LogP contribution is 2.57. The van der Waals surface area contributed by atoms with Crippen molar-refractivity contribution in [2.75, 3.05) is 11.9 Å². The number of carbonyl (C=O) groups is 8. The molecule has 16 heteroatoms. The first-order valence-corrected chi connectivity index (χ1v) is 36.6. The van der Waals surface area contributed by atoms with Crippen molar-refractivity contribution >= 4 is 52.8 Å². The number of ketones is 2. The molecule has 6 aliphatic rings. The van der Waals surface area contributed by atoms with E-state index in [0.717, 1.165) is 37.6 Å². The van der Waals surface area contributed by atoms with Gasteiger partial charge in [-0.25, -0.2) is 0 Å². The summed E-state index contributed by atoms with van der Waals surface area (Å²) in [4.78, 5) is 116. The van der Waals surface area contributed by atoms with Crippen molar-refractivity contribution in [3.05, 3.63) is 236 Å². The maximum Gasteiger partial charge on any atom is 0.308 e. The fourth-order valence-corrected chi connectivity index (χ4v) is 12.4. The predicted molar refractivity (Wildman–Crippen MR) is 408 cm³/mol. The third-order valence-electron chi connectivity index (χ3n) is 17.5. The Morgan fingerprint density at radius 1 is 0.353 bits per heavy atom. The Morgan fingerprint density at radius 3 is 0.833 bits per heavy atom. The average molecular weight is 1390 g/mol. The molecule has 2 N–H and O–H groups in total. The fourth-order valence-electron chi connectivity index (χ4n) is 12.4. The highest BCUT2D eigenvalue weighted by molar-refractivity contribution is 6.27. The number of carboxylic acid groups (broad SMARTS) is 2. The van der Waals surface area contributed by atoms with Gasteiger partial charge in [0.1, 0.15) is 11.6 Å². The maximum atomic E-state index is 12.9. The van der Waals surface area contributed by atoms with Crippen LogP contribution in [0.3, 0.4) is 0 Å². The number of amides is 4. The molecule has 6 fully saturated rings. The lowest BCUT2D eigenvalue weighted by molar-refractivity contribution is -0.180. The molecule has 8 atom stereocenters. The number of Topliss-reactive ketones (excluding diaryl/α,β-unsaturated/α-hetero) is 2. The van der Waals surface area contributed by atoms with Crippen LogP contribution in [0.15, 0.2) is 219 Å². The Balaban J connectivity index is 0.000000336. The summed E-state index contributed by atoms with van der Waals surface area (Å²) in [6, 6.07) is 53.6. The van der Waals surface area contributed by atoms with Crippen molar-refractivity contribution in [2.45, 2.75) is 166 Å². The lowest BCUT2D eigenvalue weighted by atomic mass is 9.53. The van der Waals surface area contributed by atoms with E-state index in [4.69, 9.17) is 0 Å². The SMILES string of the molecule is C1CCCCC1.C1CCCCC1.CC.CC.CC.CC.CCC(=O)C1C(C(=O)O)C(C(=O)O)C1C(=O)Cc1ccc(-c2ccc(C)cc2)cc1.Cc1ccc(-c2ccc(N3C(=O)C4C5C(=O)N(C)C(=O)C5C4C3=O)cc2)cc1.c1ccncc1.c1ccncc1.c1ccncc1.c1ccncc1. The number of hydrogen-bond donors (Lipinski definition) is 2. The normalized spacial score (nSPS) is 19.5. The van der Waals surface area contributed by atoms with E-state index in [1.165, 1.54) is 89.7 Å². The van der Waals surface area contributed by atoms with Crippen LogP contribution in [-0.2, 0) is 44.8 Å². The first kappa shape index (κ1) is 86.3. The maximum absolute atomic E-state index is 12.9. The number of hydrogen-bond acceptors (Lipinski definition) is 12. The summed E-state index contributed by atoms with van der Waals surface area (Å²) in [5.74, 6) is -12.7. The molecule has 4 saturated carbocycles. The number of fused-ring (bicyclic) bond motifs is 4. The largest absolute Gasteiger partial charge is 0.481 e. The second-order valence-electron chi connectivity index (χ2n) is 23.9. The van der Waals surface area contributed by atoms with Gasteiger partial charge in [0.15, 0.2) is 0 Å². The Labute approximate surface area is 606 Å². The smallest absolute Gasteiger partial charge is 0.308 e. The molecule has 4 aliphatic carbocycles. The number of rotatable bonds is 10. The second kappa shape index (κ2) is 49.6. The van der Waals surface area contributed by atoms with E-state index >= 15 is 0 Å². The Hall–Kier alpha value is -9.96. The third-order valence-corrected chi connectivity index (χ3v) is 17.5. The molecular formula is C86H110N6O10. The van der Waals surface area contributed by atoms with Crippen LogP contribution in [0.1, 0.15) is 162 Å². The summed E-state index contributed by atoms with van der Waals surface area (Å²) < 4.78 is 0. The van der Waals surface area contributed by atoms with Gasteiger partial charge in [0.25, 0.3) is 0 Å². The van der Waals surface area contributed by atoms with Crippen LogP contribution >= 0.6 is 0 Å². The molecule has 102 heavy (non-hydrogen) atoms. The lowest BCUT2D eigenvalue weighted by Gasteiger charge is -2.45. The third kappa shape index (κ3) is 26.5. The number of nitrogens with zero attached hydrogens (tertiary/aromatic N) is 6. The zero-order valence-electron chi connectivity index (χ0n) is 62.1. The van der Waals surface area contributed by atoms with Crippen molar-refractivity contribution in [3.8, 4) is 22.3 Å². The zero-order chi connectivity index (χ0) is 75.2. The monoisotopic (exact) mass is 1390 g/mol. The van der Waals surface area contributed by atoms with Gasteiger partial charge < -0.3 is 10.2 Å². The van der Waals surface area contributed by atoms with Gasteiger partial charge in [-0.15, -0.1) is 0 Å². The van der Waals surface area contributed by atoms with Gasteiger partial charge in [-0.2, -0.15) is 0 Å². The number of aliphatic carboxylic acids is 2. The number of anilines is 1. The highest BCUT2D eigenvalue weighted by Gasteiger charge is 2.73. The van der Waals surface area contributed by atoms with Gasteiger partial charge in [0, 0.05) is 81.3 Å². The standard InChI is InChI=1S/C24H24O6.C22H18N2O4.2C6H12.4C5H5N.4C2H6/c1-3-17(25)19-20(22(24(29)30)21(19)23(27)28)18(26)12-14-6-10-16(11-7-14)15-8-4-13(2)5-9-15;1-11-3-5-12(6-4-11)13-7-9-14(10-8-13)24-21(27)17-15-16(18(17)22(24)28)20(26)23(2)19(15)25;6*1-2-4-6-5-3-1;4*1-2/h4-11,19-22H,3,12H2,1-2H3,(H,27,28)(H,29,30);3-10,15-18H,1-2H3;2*1-6H2;4*1-5H;4*1-2H3. The van der Waals surface area contributed by atoms with E-state index in [-0.39, 0.29) is 42.3 Å². The molecule has 0 radical (unpaired) electrons. The summed E-state index contributed by atoms with van der Waals surface area (Å²) in [6.07, 6.45) is 32.0. The van der Waals surface area contributed by atoms with E-state index in [9.17, 15) is 48.6 Å². The van der Waals surface area contributed by atoms with Crippen molar-refractivity contribution in [1.82, 2.24) is 24.8 Å². The van der Waals surface area contributed by atoms with E-state index in [1.54, 1.807) is 80.8 Å². The molecule has 4 aromatic carbocycles. The number of aryl methyl sites for hydroxylation is 2. The summed E-state index contributed by atoms with van der Waals surface area (Å²) >= 11 is 0. The molecule has 2 aliphatic heterocycles. The number of likely N-dealkylation sites (tertiary alicyclic amines) is 1. The van der Waals surface area contributed by atoms with Gasteiger partial charge in [-0.1, -0.05) is 260 Å². The first-order chi connectivity index (χ1) is 49.6. The van der Waals surface area contributed by atoms with Crippen molar-refractivity contribution in [2.24, 2.45) is 47.3 Å². The van der Waals surface area contributed by atoms with Crippen LogP contribution in [0.5, 0.6) is 0 Å². The molecule has 4 aromatic heterocycles.